The van der Waals surface area contributed by atoms with E-state index in [4.69, 9.17) is 14.2 Å². The van der Waals surface area contributed by atoms with Crippen LogP contribution in [-0.4, -0.2) is 32.3 Å². The van der Waals surface area contributed by atoms with Crippen molar-refractivity contribution in [3.8, 4) is 17.2 Å². The van der Waals surface area contributed by atoms with Crippen molar-refractivity contribution in [3.05, 3.63) is 52.6 Å². The number of ether oxygens (including phenoxy) is 3. The molecule has 0 radical (unpaired) electrons. The van der Waals surface area contributed by atoms with Crippen LogP contribution in [0.4, 0.5) is 0 Å². The number of aryl methyl sites for hydroxylation is 2. The zero-order chi connectivity index (χ0) is 17.1. The molecule has 2 aromatic rings. The molecule has 1 heterocycles. The lowest BCUT2D eigenvalue weighted by atomic mass is 10.0. The van der Waals surface area contributed by atoms with Crippen molar-refractivity contribution in [1.82, 2.24) is 4.90 Å². The molecule has 1 aliphatic heterocycles. The second-order valence-corrected chi connectivity index (χ2v) is 6.38. The third kappa shape index (κ3) is 3.49. The Bertz CT molecular complexity index is 704. The van der Waals surface area contributed by atoms with Gasteiger partial charge in [0.25, 0.3) is 0 Å². The summed E-state index contributed by atoms with van der Waals surface area (Å²) in [6.45, 7) is 7.11. The van der Waals surface area contributed by atoms with E-state index in [1.54, 1.807) is 7.11 Å². The van der Waals surface area contributed by atoms with Gasteiger partial charge in [0.2, 0.25) is 0 Å². The molecule has 0 aliphatic carbocycles. The Labute approximate surface area is 144 Å². The summed E-state index contributed by atoms with van der Waals surface area (Å²) in [5.41, 5.74) is 4.80. The highest BCUT2D eigenvalue weighted by atomic mass is 16.6. The third-order valence-corrected chi connectivity index (χ3v) is 4.26. The summed E-state index contributed by atoms with van der Waals surface area (Å²) in [5.74, 6) is 2.71. The van der Waals surface area contributed by atoms with Crippen LogP contribution in [0.5, 0.6) is 17.2 Å². The predicted octanol–water partition coefficient (Wildman–Crippen LogP) is 3.72. The van der Waals surface area contributed by atoms with Gasteiger partial charge in [-0.15, -0.1) is 0 Å². The van der Waals surface area contributed by atoms with Crippen molar-refractivity contribution < 1.29 is 14.2 Å². The van der Waals surface area contributed by atoms with Crippen molar-refractivity contribution in [2.75, 3.05) is 27.4 Å². The van der Waals surface area contributed by atoms with Gasteiger partial charge in [-0.05, 0) is 43.7 Å². The van der Waals surface area contributed by atoms with Crippen molar-refractivity contribution in [3.63, 3.8) is 0 Å². The molecule has 0 unspecified atom stereocenters. The van der Waals surface area contributed by atoms with Crippen LogP contribution < -0.4 is 14.2 Å². The van der Waals surface area contributed by atoms with E-state index in [2.05, 4.69) is 44.0 Å². The van der Waals surface area contributed by atoms with E-state index >= 15 is 0 Å². The van der Waals surface area contributed by atoms with E-state index in [0.29, 0.717) is 13.2 Å². The molecule has 4 nitrogen and oxygen atoms in total. The second kappa shape index (κ2) is 7.14. The summed E-state index contributed by atoms with van der Waals surface area (Å²) in [6, 6.07) is 10.5. The zero-order valence-electron chi connectivity index (χ0n) is 14.9. The standard InChI is InChI=1S/C20H25NO3/c1-14-10-16(11-15(2)19(14)22-4)12-21(3)13-17-6-5-7-18-20(17)24-9-8-23-18/h5-7,10-11H,8-9,12-13H2,1-4H3. The minimum absolute atomic E-state index is 0.616. The number of para-hydroxylation sites is 1. The van der Waals surface area contributed by atoms with E-state index in [9.17, 15) is 0 Å². The molecular weight excluding hydrogens is 302 g/mol. The second-order valence-electron chi connectivity index (χ2n) is 6.38. The smallest absolute Gasteiger partial charge is 0.165 e. The van der Waals surface area contributed by atoms with Gasteiger partial charge in [-0.3, -0.25) is 4.90 Å². The number of rotatable bonds is 5. The van der Waals surface area contributed by atoms with E-state index in [1.807, 2.05) is 12.1 Å². The molecule has 0 spiro atoms. The monoisotopic (exact) mass is 327 g/mol. The largest absolute Gasteiger partial charge is 0.496 e. The molecule has 0 fully saturated rings. The van der Waals surface area contributed by atoms with Crippen LogP contribution in [0.2, 0.25) is 0 Å². The maximum Gasteiger partial charge on any atom is 0.165 e. The van der Waals surface area contributed by atoms with Crippen molar-refractivity contribution in [2.45, 2.75) is 26.9 Å². The van der Waals surface area contributed by atoms with E-state index in [1.165, 1.54) is 16.7 Å². The van der Waals surface area contributed by atoms with Gasteiger partial charge in [0.05, 0.1) is 7.11 Å². The first kappa shape index (κ1) is 16.7. The zero-order valence-corrected chi connectivity index (χ0v) is 14.9. The van der Waals surface area contributed by atoms with Crippen LogP contribution in [0.1, 0.15) is 22.3 Å². The summed E-state index contributed by atoms with van der Waals surface area (Å²) < 4.78 is 16.9. The van der Waals surface area contributed by atoms with E-state index in [-0.39, 0.29) is 0 Å². The Kier molecular flexibility index (Phi) is 4.95. The molecule has 128 valence electrons. The fraction of sp³-hybridized carbons (Fsp3) is 0.400. The molecule has 0 aromatic heterocycles. The average molecular weight is 327 g/mol. The normalized spacial score (nSPS) is 13.2. The topological polar surface area (TPSA) is 30.9 Å². The summed E-state index contributed by atoms with van der Waals surface area (Å²) in [7, 11) is 3.85. The van der Waals surface area contributed by atoms with E-state index in [0.717, 1.165) is 35.9 Å². The molecule has 0 saturated carbocycles. The van der Waals surface area contributed by atoms with Gasteiger partial charge in [-0.25, -0.2) is 0 Å². The van der Waals surface area contributed by atoms with Gasteiger partial charge >= 0.3 is 0 Å². The van der Waals surface area contributed by atoms with Gasteiger partial charge in [0.1, 0.15) is 19.0 Å². The number of fused-ring (bicyclic) bond motifs is 1. The van der Waals surface area contributed by atoms with Gasteiger partial charge in [0, 0.05) is 18.7 Å². The van der Waals surface area contributed by atoms with Crippen molar-refractivity contribution >= 4 is 0 Å². The van der Waals surface area contributed by atoms with Gasteiger partial charge in [-0.2, -0.15) is 0 Å². The molecule has 3 rings (SSSR count). The Morgan fingerprint density at radius 3 is 2.46 bits per heavy atom. The SMILES string of the molecule is COc1c(C)cc(CN(C)Cc2cccc3c2OCCO3)cc1C. The van der Waals surface area contributed by atoms with Gasteiger partial charge in [-0.1, -0.05) is 24.3 Å². The number of nitrogens with zero attached hydrogens (tertiary/aromatic N) is 1. The fourth-order valence-corrected chi connectivity index (χ4v) is 3.37. The Morgan fingerprint density at radius 2 is 1.75 bits per heavy atom. The fourth-order valence-electron chi connectivity index (χ4n) is 3.37. The number of hydrogen-bond donors (Lipinski definition) is 0. The maximum atomic E-state index is 5.81. The first-order chi connectivity index (χ1) is 11.6. The van der Waals surface area contributed by atoms with Crippen LogP contribution in [0, 0.1) is 13.8 Å². The van der Waals surface area contributed by atoms with Gasteiger partial charge < -0.3 is 14.2 Å². The van der Waals surface area contributed by atoms with Crippen LogP contribution in [0.3, 0.4) is 0 Å². The highest BCUT2D eigenvalue weighted by Gasteiger charge is 2.16. The number of methoxy groups -OCH3 is 1. The van der Waals surface area contributed by atoms with Crippen molar-refractivity contribution in [1.29, 1.82) is 0 Å². The first-order valence-electron chi connectivity index (χ1n) is 8.28. The number of hydrogen-bond acceptors (Lipinski definition) is 4. The highest BCUT2D eigenvalue weighted by molar-refractivity contribution is 5.47. The lowest BCUT2D eigenvalue weighted by Gasteiger charge is -2.24. The van der Waals surface area contributed by atoms with Crippen LogP contribution in [-0.2, 0) is 13.1 Å². The van der Waals surface area contributed by atoms with Crippen LogP contribution in [0.15, 0.2) is 30.3 Å². The molecule has 0 bridgehead atoms. The predicted molar refractivity (Wildman–Crippen MR) is 95.1 cm³/mol. The highest BCUT2D eigenvalue weighted by Crippen LogP contribution is 2.34. The van der Waals surface area contributed by atoms with Gasteiger partial charge in [0.15, 0.2) is 11.5 Å². The third-order valence-electron chi connectivity index (χ3n) is 4.26. The van der Waals surface area contributed by atoms with Crippen molar-refractivity contribution in [2.24, 2.45) is 0 Å². The molecule has 2 aromatic carbocycles. The molecule has 24 heavy (non-hydrogen) atoms. The summed E-state index contributed by atoms with van der Waals surface area (Å²) in [6.07, 6.45) is 0. The van der Waals surface area contributed by atoms with Crippen LogP contribution >= 0.6 is 0 Å². The lowest BCUT2D eigenvalue weighted by Crippen LogP contribution is -2.21. The first-order valence-corrected chi connectivity index (χ1v) is 8.28. The average Bonchev–Trinajstić information content (AvgIpc) is 2.55. The molecule has 0 amide bonds. The molecule has 0 atom stereocenters. The number of benzene rings is 2. The van der Waals surface area contributed by atoms with Crippen LogP contribution in [0.25, 0.3) is 0 Å². The summed E-state index contributed by atoms with van der Waals surface area (Å²) >= 11 is 0. The molecular formula is C20H25NO3. The minimum atomic E-state index is 0.616. The Balaban J connectivity index is 1.74. The lowest BCUT2D eigenvalue weighted by molar-refractivity contribution is 0.167. The Morgan fingerprint density at radius 1 is 1.04 bits per heavy atom. The summed E-state index contributed by atoms with van der Waals surface area (Å²) in [5, 5.41) is 0. The molecule has 1 aliphatic rings. The minimum Gasteiger partial charge on any atom is -0.496 e. The summed E-state index contributed by atoms with van der Waals surface area (Å²) in [4.78, 5) is 2.29. The quantitative estimate of drug-likeness (QED) is 0.837. The molecule has 0 N–H and O–H groups in total. The van der Waals surface area contributed by atoms with E-state index < -0.39 is 0 Å². The molecule has 0 saturated heterocycles. The molecule has 4 heteroatoms. The maximum absolute atomic E-state index is 5.81. The Hall–Kier alpha value is -2.20.